The van der Waals surface area contributed by atoms with E-state index in [9.17, 15) is 14.4 Å². The number of ether oxygens (including phenoxy) is 1. The normalized spacial score (nSPS) is 32.5. The molecule has 4 aliphatic carbocycles. The van der Waals surface area contributed by atoms with Gasteiger partial charge in [-0.25, -0.2) is 0 Å². The SMILES string of the molecule is O=C(COC(=O)C1C2CC3CC(C2)CC1C3)Nc1ccc(N2CCCC2=O)cc1. The Morgan fingerprint density at radius 2 is 1.66 bits per heavy atom. The highest BCUT2D eigenvalue weighted by molar-refractivity contribution is 5.96. The number of carbonyl (C=O) groups is 3. The number of hydrogen-bond donors (Lipinski definition) is 1. The zero-order valence-electron chi connectivity index (χ0n) is 16.6. The lowest BCUT2D eigenvalue weighted by Gasteiger charge is -2.53. The predicted molar refractivity (Wildman–Crippen MR) is 108 cm³/mol. The van der Waals surface area contributed by atoms with Crippen LogP contribution < -0.4 is 10.2 Å². The van der Waals surface area contributed by atoms with Crippen molar-refractivity contribution in [1.82, 2.24) is 0 Å². The molecule has 154 valence electrons. The maximum Gasteiger partial charge on any atom is 0.310 e. The second-order valence-corrected chi connectivity index (χ2v) is 9.31. The Hall–Kier alpha value is -2.37. The average Bonchev–Trinajstić information content (AvgIpc) is 3.12. The highest BCUT2D eigenvalue weighted by atomic mass is 16.5. The number of benzene rings is 1. The Bertz CT molecular complexity index is 791. The van der Waals surface area contributed by atoms with E-state index in [1.165, 1.54) is 6.42 Å². The number of esters is 1. The molecule has 6 nitrogen and oxygen atoms in total. The van der Waals surface area contributed by atoms with E-state index in [0.29, 0.717) is 23.9 Å². The summed E-state index contributed by atoms with van der Waals surface area (Å²) >= 11 is 0. The Balaban J connectivity index is 1.12. The maximum atomic E-state index is 12.7. The number of nitrogens with zero attached hydrogens (tertiary/aromatic N) is 1. The van der Waals surface area contributed by atoms with Crippen LogP contribution in [0.2, 0.25) is 0 Å². The molecule has 6 rings (SSSR count). The highest BCUT2D eigenvalue weighted by Crippen LogP contribution is 2.56. The molecular weight excluding hydrogens is 368 g/mol. The van der Waals surface area contributed by atoms with Gasteiger partial charge in [0, 0.05) is 24.3 Å². The fourth-order valence-corrected chi connectivity index (χ4v) is 6.39. The van der Waals surface area contributed by atoms with Crippen LogP contribution in [0.15, 0.2) is 24.3 Å². The minimum absolute atomic E-state index is 0.00659. The van der Waals surface area contributed by atoms with Gasteiger partial charge in [0.05, 0.1) is 5.92 Å². The molecule has 1 heterocycles. The van der Waals surface area contributed by atoms with Gasteiger partial charge in [-0.2, -0.15) is 0 Å². The number of anilines is 2. The number of carbonyl (C=O) groups excluding carboxylic acids is 3. The highest BCUT2D eigenvalue weighted by Gasteiger charge is 2.51. The summed E-state index contributed by atoms with van der Waals surface area (Å²) in [7, 11) is 0. The van der Waals surface area contributed by atoms with E-state index in [4.69, 9.17) is 4.74 Å². The van der Waals surface area contributed by atoms with Gasteiger partial charge in [-0.05, 0) is 86.5 Å². The molecule has 2 amide bonds. The Kier molecular flexibility index (Phi) is 4.80. The van der Waals surface area contributed by atoms with Crippen molar-refractivity contribution in [2.75, 3.05) is 23.4 Å². The van der Waals surface area contributed by atoms with Crippen molar-refractivity contribution in [2.45, 2.75) is 44.9 Å². The van der Waals surface area contributed by atoms with Crippen molar-refractivity contribution < 1.29 is 19.1 Å². The third kappa shape index (κ3) is 3.65. The number of hydrogen-bond acceptors (Lipinski definition) is 4. The number of rotatable bonds is 5. The molecule has 5 fully saturated rings. The molecule has 0 radical (unpaired) electrons. The van der Waals surface area contributed by atoms with E-state index in [2.05, 4.69) is 5.32 Å². The minimum atomic E-state index is -0.327. The van der Waals surface area contributed by atoms with Crippen LogP contribution in [0.3, 0.4) is 0 Å². The zero-order valence-corrected chi connectivity index (χ0v) is 16.6. The lowest BCUT2D eigenvalue weighted by atomic mass is 9.52. The molecule has 4 saturated carbocycles. The van der Waals surface area contributed by atoms with E-state index in [0.717, 1.165) is 56.2 Å². The van der Waals surface area contributed by atoms with Gasteiger partial charge in [0.2, 0.25) is 5.91 Å². The molecular formula is C23H28N2O4. The Labute approximate surface area is 171 Å². The van der Waals surface area contributed by atoms with Crippen LogP contribution in [-0.2, 0) is 19.1 Å². The quantitative estimate of drug-likeness (QED) is 0.775. The van der Waals surface area contributed by atoms with E-state index in [1.807, 2.05) is 12.1 Å². The monoisotopic (exact) mass is 396 g/mol. The molecule has 1 aromatic rings. The Morgan fingerprint density at radius 3 is 2.24 bits per heavy atom. The van der Waals surface area contributed by atoms with Crippen molar-refractivity contribution in [3.8, 4) is 0 Å². The van der Waals surface area contributed by atoms with Crippen LogP contribution >= 0.6 is 0 Å². The van der Waals surface area contributed by atoms with Crippen LogP contribution in [-0.4, -0.2) is 30.9 Å². The molecule has 0 aromatic heterocycles. The summed E-state index contributed by atoms with van der Waals surface area (Å²) in [6.07, 6.45) is 7.45. The van der Waals surface area contributed by atoms with Crippen molar-refractivity contribution in [3.05, 3.63) is 24.3 Å². The summed E-state index contributed by atoms with van der Waals surface area (Å²) in [6.45, 7) is 0.499. The van der Waals surface area contributed by atoms with E-state index >= 15 is 0 Å². The summed E-state index contributed by atoms with van der Waals surface area (Å²) in [5.41, 5.74) is 1.48. The second-order valence-electron chi connectivity index (χ2n) is 9.31. The van der Waals surface area contributed by atoms with Crippen molar-refractivity contribution >= 4 is 29.2 Å². The van der Waals surface area contributed by atoms with E-state index < -0.39 is 0 Å². The first-order chi connectivity index (χ1) is 14.1. The third-order valence-corrected chi connectivity index (χ3v) is 7.38. The predicted octanol–water partition coefficient (Wildman–Crippen LogP) is 3.37. The molecule has 0 spiro atoms. The molecule has 1 saturated heterocycles. The maximum absolute atomic E-state index is 12.7. The molecule has 4 bridgehead atoms. The Morgan fingerprint density at radius 1 is 1.00 bits per heavy atom. The lowest BCUT2D eigenvalue weighted by molar-refractivity contribution is -0.164. The van der Waals surface area contributed by atoms with Crippen LogP contribution in [0.4, 0.5) is 11.4 Å². The first kappa shape index (κ1) is 18.6. The third-order valence-electron chi connectivity index (χ3n) is 7.38. The summed E-state index contributed by atoms with van der Waals surface area (Å²) in [5.74, 6) is 2.16. The molecule has 1 aromatic carbocycles. The summed E-state index contributed by atoms with van der Waals surface area (Å²) in [5, 5.41) is 2.77. The average molecular weight is 396 g/mol. The van der Waals surface area contributed by atoms with Crippen molar-refractivity contribution in [1.29, 1.82) is 0 Å². The van der Waals surface area contributed by atoms with Crippen molar-refractivity contribution in [3.63, 3.8) is 0 Å². The van der Waals surface area contributed by atoms with Gasteiger partial charge in [-0.3, -0.25) is 14.4 Å². The van der Waals surface area contributed by atoms with Gasteiger partial charge in [0.25, 0.3) is 5.91 Å². The van der Waals surface area contributed by atoms with Crippen LogP contribution in [0.1, 0.15) is 44.9 Å². The number of nitrogens with one attached hydrogen (secondary N) is 1. The van der Waals surface area contributed by atoms with Gasteiger partial charge in [-0.15, -0.1) is 0 Å². The fraction of sp³-hybridized carbons (Fsp3) is 0.609. The van der Waals surface area contributed by atoms with E-state index in [-0.39, 0.29) is 30.3 Å². The largest absolute Gasteiger partial charge is 0.455 e. The molecule has 0 unspecified atom stereocenters. The summed E-state index contributed by atoms with van der Waals surface area (Å²) in [6, 6.07) is 7.22. The standard InChI is InChI=1S/C23H28N2O4/c26-20(24-18-3-5-19(6-4-18)25-7-1-2-21(25)27)13-29-23(28)22-16-9-14-8-15(11-16)12-17(22)10-14/h3-6,14-17,22H,1-2,7-13H2,(H,24,26). The molecule has 0 atom stereocenters. The first-order valence-electron chi connectivity index (χ1n) is 10.9. The smallest absolute Gasteiger partial charge is 0.310 e. The van der Waals surface area contributed by atoms with E-state index in [1.54, 1.807) is 17.0 Å². The van der Waals surface area contributed by atoms with Crippen LogP contribution in [0, 0.1) is 29.6 Å². The van der Waals surface area contributed by atoms with Gasteiger partial charge in [0.1, 0.15) is 0 Å². The van der Waals surface area contributed by atoms with Crippen molar-refractivity contribution in [2.24, 2.45) is 29.6 Å². The minimum Gasteiger partial charge on any atom is -0.455 e. The van der Waals surface area contributed by atoms with Gasteiger partial charge in [0.15, 0.2) is 6.61 Å². The molecule has 6 heteroatoms. The van der Waals surface area contributed by atoms with Crippen LogP contribution in [0.25, 0.3) is 0 Å². The fourth-order valence-electron chi connectivity index (χ4n) is 6.39. The lowest BCUT2D eigenvalue weighted by Crippen LogP contribution is -2.48. The topological polar surface area (TPSA) is 75.7 Å². The van der Waals surface area contributed by atoms with Crippen LogP contribution in [0.5, 0.6) is 0 Å². The van der Waals surface area contributed by atoms with Gasteiger partial charge >= 0.3 is 5.97 Å². The van der Waals surface area contributed by atoms with Gasteiger partial charge < -0.3 is 15.0 Å². The molecule has 1 aliphatic heterocycles. The second kappa shape index (κ2) is 7.47. The first-order valence-corrected chi connectivity index (χ1v) is 10.9. The molecule has 1 N–H and O–H groups in total. The number of amides is 2. The zero-order chi connectivity index (χ0) is 20.0. The summed E-state index contributed by atoms with van der Waals surface area (Å²) < 4.78 is 5.42. The molecule has 29 heavy (non-hydrogen) atoms. The summed E-state index contributed by atoms with van der Waals surface area (Å²) in [4.78, 5) is 38.5. The molecule has 5 aliphatic rings. The van der Waals surface area contributed by atoms with Gasteiger partial charge in [-0.1, -0.05) is 0 Å².